The summed E-state index contributed by atoms with van der Waals surface area (Å²) in [6.07, 6.45) is 3.35. The largest absolute Gasteiger partial charge is 0.338 e. The summed E-state index contributed by atoms with van der Waals surface area (Å²) in [6, 6.07) is 6.23. The number of nitrogens with one attached hydrogen (secondary N) is 1. The molecule has 0 aromatic heterocycles. The number of likely N-dealkylation sites (tertiary alicyclic amines) is 1. The molecule has 1 atom stereocenters. The van der Waals surface area contributed by atoms with Crippen LogP contribution in [-0.4, -0.2) is 51.7 Å². The van der Waals surface area contributed by atoms with Crippen molar-refractivity contribution in [2.75, 3.05) is 32.4 Å². The smallest absolute Gasteiger partial charge is 0.253 e. The van der Waals surface area contributed by atoms with Crippen molar-refractivity contribution in [3.05, 3.63) is 29.8 Å². The van der Waals surface area contributed by atoms with Crippen LogP contribution in [0.15, 0.2) is 29.2 Å². The molecular formula is C15H21ClN2O3S. The number of hydrogen-bond donors (Lipinski definition) is 1. The third-order valence-corrected chi connectivity index (χ3v) is 5.72. The zero-order chi connectivity index (χ0) is 15.1. The summed E-state index contributed by atoms with van der Waals surface area (Å²) in [6.45, 7) is 3.61. The Hall–Kier alpha value is -1.11. The molecule has 5 nitrogen and oxygen atoms in total. The van der Waals surface area contributed by atoms with E-state index in [0.29, 0.717) is 5.56 Å². The van der Waals surface area contributed by atoms with Gasteiger partial charge in [0.2, 0.25) is 0 Å². The van der Waals surface area contributed by atoms with Crippen LogP contribution < -0.4 is 5.32 Å². The molecule has 1 N–H and O–H groups in total. The Labute approximate surface area is 137 Å². The normalized spacial score (nSPS) is 24.5. The molecule has 0 radical (unpaired) electrons. The van der Waals surface area contributed by atoms with Gasteiger partial charge < -0.3 is 10.2 Å². The summed E-state index contributed by atoms with van der Waals surface area (Å²) in [4.78, 5) is 14.6. The van der Waals surface area contributed by atoms with E-state index in [4.69, 9.17) is 0 Å². The number of sulfone groups is 1. The molecule has 2 fully saturated rings. The average Bonchev–Trinajstić information content (AvgIpc) is 3.08. The first-order chi connectivity index (χ1) is 9.90. The SMILES string of the molecule is CS(=O)(=O)c1ccc(C(=O)N2CCC3(CCNC3)C2)cc1.Cl. The van der Waals surface area contributed by atoms with Crippen LogP contribution in [0, 0.1) is 5.41 Å². The monoisotopic (exact) mass is 344 g/mol. The van der Waals surface area contributed by atoms with Gasteiger partial charge in [0.15, 0.2) is 9.84 Å². The van der Waals surface area contributed by atoms with Crippen LogP contribution in [0.4, 0.5) is 0 Å². The van der Waals surface area contributed by atoms with E-state index in [2.05, 4.69) is 5.32 Å². The maximum absolute atomic E-state index is 12.5. The van der Waals surface area contributed by atoms with Crippen molar-refractivity contribution in [3.63, 3.8) is 0 Å². The van der Waals surface area contributed by atoms with Crippen LogP contribution >= 0.6 is 12.4 Å². The van der Waals surface area contributed by atoms with Crippen LogP contribution in [0.3, 0.4) is 0 Å². The molecule has 2 saturated heterocycles. The molecule has 0 saturated carbocycles. The van der Waals surface area contributed by atoms with Crippen molar-refractivity contribution in [2.24, 2.45) is 5.41 Å². The number of amides is 1. The van der Waals surface area contributed by atoms with E-state index in [-0.39, 0.29) is 28.6 Å². The molecule has 1 amide bonds. The highest BCUT2D eigenvalue weighted by molar-refractivity contribution is 7.90. The van der Waals surface area contributed by atoms with E-state index in [1.54, 1.807) is 12.1 Å². The van der Waals surface area contributed by atoms with Gasteiger partial charge in [-0.25, -0.2) is 8.42 Å². The molecule has 22 heavy (non-hydrogen) atoms. The first kappa shape index (κ1) is 17.2. The van der Waals surface area contributed by atoms with E-state index in [1.807, 2.05) is 4.90 Å². The topological polar surface area (TPSA) is 66.5 Å². The molecule has 1 aromatic carbocycles. The third-order valence-electron chi connectivity index (χ3n) is 4.59. The summed E-state index contributed by atoms with van der Waals surface area (Å²) < 4.78 is 22.9. The fraction of sp³-hybridized carbons (Fsp3) is 0.533. The summed E-state index contributed by atoms with van der Waals surface area (Å²) in [5, 5.41) is 3.37. The van der Waals surface area contributed by atoms with E-state index < -0.39 is 9.84 Å². The molecule has 122 valence electrons. The molecule has 0 bridgehead atoms. The van der Waals surface area contributed by atoms with Gasteiger partial charge in [0.05, 0.1) is 4.90 Å². The highest BCUT2D eigenvalue weighted by Crippen LogP contribution is 2.36. The van der Waals surface area contributed by atoms with Gasteiger partial charge in [-0.2, -0.15) is 0 Å². The van der Waals surface area contributed by atoms with E-state index in [0.717, 1.165) is 39.0 Å². The summed E-state index contributed by atoms with van der Waals surface area (Å²) >= 11 is 0. The van der Waals surface area contributed by atoms with Crippen LogP contribution in [0.25, 0.3) is 0 Å². The van der Waals surface area contributed by atoms with Crippen molar-refractivity contribution in [1.29, 1.82) is 0 Å². The number of carbonyl (C=O) groups is 1. The molecule has 0 aliphatic carbocycles. The maximum Gasteiger partial charge on any atom is 0.253 e. The summed E-state index contributed by atoms with van der Waals surface area (Å²) in [5.41, 5.74) is 0.813. The number of rotatable bonds is 2. The van der Waals surface area contributed by atoms with Gasteiger partial charge in [-0.05, 0) is 43.7 Å². The lowest BCUT2D eigenvalue weighted by atomic mass is 9.86. The zero-order valence-corrected chi connectivity index (χ0v) is 14.2. The lowest BCUT2D eigenvalue weighted by molar-refractivity contribution is 0.0775. The zero-order valence-electron chi connectivity index (χ0n) is 12.5. The van der Waals surface area contributed by atoms with Crippen molar-refractivity contribution in [1.82, 2.24) is 10.2 Å². The molecule has 2 heterocycles. The predicted octanol–water partition coefficient (Wildman–Crippen LogP) is 1.34. The minimum atomic E-state index is -3.22. The Morgan fingerprint density at radius 3 is 2.45 bits per heavy atom. The van der Waals surface area contributed by atoms with Crippen LogP contribution in [0.2, 0.25) is 0 Å². The molecule has 1 unspecified atom stereocenters. The Morgan fingerprint density at radius 2 is 1.91 bits per heavy atom. The van der Waals surface area contributed by atoms with E-state index >= 15 is 0 Å². The van der Waals surface area contributed by atoms with Crippen molar-refractivity contribution < 1.29 is 13.2 Å². The van der Waals surface area contributed by atoms with Gasteiger partial charge in [-0.1, -0.05) is 0 Å². The number of carbonyl (C=O) groups excluding carboxylic acids is 1. The van der Waals surface area contributed by atoms with Gasteiger partial charge in [-0.15, -0.1) is 12.4 Å². The Kier molecular flexibility index (Phi) is 4.84. The van der Waals surface area contributed by atoms with Crippen LogP contribution in [0.1, 0.15) is 23.2 Å². The Bertz CT molecular complexity index is 652. The molecule has 2 aliphatic heterocycles. The van der Waals surface area contributed by atoms with Crippen molar-refractivity contribution >= 4 is 28.2 Å². The molecule has 7 heteroatoms. The van der Waals surface area contributed by atoms with Gasteiger partial charge in [0, 0.05) is 36.9 Å². The van der Waals surface area contributed by atoms with E-state index in [1.165, 1.54) is 18.4 Å². The number of benzene rings is 1. The van der Waals surface area contributed by atoms with Gasteiger partial charge >= 0.3 is 0 Å². The second-order valence-electron chi connectivity index (χ2n) is 6.20. The fourth-order valence-corrected chi connectivity index (χ4v) is 3.91. The van der Waals surface area contributed by atoms with Crippen molar-refractivity contribution in [2.45, 2.75) is 17.7 Å². The number of nitrogens with zero attached hydrogens (tertiary/aromatic N) is 1. The first-order valence-electron chi connectivity index (χ1n) is 7.20. The highest BCUT2D eigenvalue weighted by atomic mass is 35.5. The van der Waals surface area contributed by atoms with Gasteiger partial charge in [0.25, 0.3) is 5.91 Å². The Balaban J connectivity index is 0.00000176. The molecule has 2 aliphatic rings. The molecule has 1 spiro atoms. The average molecular weight is 345 g/mol. The van der Waals surface area contributed by atoms with Crippen LogP contribution in [-0.2, 0) is 9.84 Å². The molecular weight excluding hydrogens is 324 g/mol. The number of halogens is 1. The Morgan fingerprint density at radius 1 is 1.23 bits per heavy atom. The molecule has 1 aromatic rings. The minimum Gasteiger partial charge on any atom is -0.338 e. The number of hydrogen-bond acceptors (Lipinski definition) is 4. The highest BCUT2D eigenvalue weighted by Gasteiger charge is 2.41. The lowest BCUT2D eigenvalue weighted by Crippen LogP contribution is -2.33. The third kappa shape index (κ3) is 3.29. The van der Waals surface area contributed by atoms with Gasteiger partial charge in [-0.3, -0.25) is 4.79 Å². The van der Waals surface area contributed by atoms with Crippen molar-refractivity contribution in [3.8, 4) is 0 Å². The summed E-state index contributed by atoms with van der Waals surface area (Å²) in [5.74, 6) is -0.00109. The predicted molar refractivity (Wildman–Crippen MR) is 87.2 cm³/mol. The lowest BCUT2D eigenvalue weighted by Gasteiger charge is -2.22. The quantitative estimate of drug-likeness (QED) is 0.879. The standard InChI is InChI=1S/C15H20N2O3S.ClH/c1-21(19,20)13-4-2-12(3-5-13)14(18)17-9-7-15(11-17)6-8-16-10-15;/h2-5,16H,6-11H2,1H3;1H. The minimum absolute atomic E-state index is 0. The fourth-order valence-electron chi connectivity index (χ4n) is 3.28. The second kappa shape index (κ2) is 6.18. The van der Waals surface area contributed by atoms with Crippen LogP contribution in [0.5, 0.6) is 0 Å². The summed E-state index contributed by atoms with van der Waals surface area (Å²) in [7, 11) is -3.22. The maximum atomic E-state index is 12.5. The second-order valence-corrected chi connectivity index (χ2v) is 8.22. The van der Waals surface area contributed by atoms with E-state index in [9.17, 15) is 13.2 Å². The van der Waals surface area contributed by atoms with Gasteiger partial charge in [0.1, 0.15) is 0 Å². The first-order valence-corrected chi connectivity index (χ1v) is 9.09. The molecule has 3 rings (SSSR count).